The van der Waals surface area contributed by atoms with Crippen molar-refractivity contribution >= 4 is 52.5 Å². The Balaban J connectivity index is 1.91. The van der Waals surface area contributed by atoms with Crippen LogP contribution in [-0.4, -0.2) is 24.7 Å². The number of amides is 1. The van der Waals surface area contributed by atoms with Crippen LogP contribution in [0.25, 0.3) is 0 Å². The van der Waals surface area contributed by atoms with E-state index in [1.807, 2.05) is 18.2 Å². The van der Waals surface area contributed by atoms with Crippen LogP contribution in [-0.2, 0) is 15.3 Å². The molecule has 0 bridgehead atoms. The van der Waals surface area contributed by atoms with E-state index in [0.717, 1.165) is 5.56 Å². The minimum Gasteiger partial charge on any atom is -0.465 e. The molecule has 0 fully saturated rings. The minimum absolute atomic E-state index is 0.203. The van der Waals surface area contributed by atoms with Crippen molar-refractivity contribution in [3.05, 3.63) is 63.6 Å². The zero-order chi connectivity index (χ0) is 17.5. The van der Waals surface area contributed by atoms with Gasteiger partial charge < -0.3 is 10.1 Å². The maximum Gasteiger partial charge on any atom is 0.337 e. The normalized spacial score (nSPS) is 10.3. The first-order valence-corrected chi connectivity index (χ1v) is 8.90. The Kier molecular flexibility index (Phi) is 6.97. The number of nitrogens with one attached hydrogen (secondary N) is 1. The lowest BCUT2D eigenvalue weighted by Crippen LogP contribution is -2.15. The number of methoxy groups -OCH3 is 1. The van der Waals surface area contributed by atoms with Gasteiger partial charge in [-0.3, -0.25) is 4.79 Å². The topological polar surface area (TPSA) is 55.4 Å². The summed E-state index contributed by atoms with van der Waals surface area (Å²) in [5, 5.41) is 3.73. The Morgan fingerprint density at radius 2 is 1.96 bits per heavy atom. The van der Waals surface area contributed by atoms with Crippen LogP contribution >= 0.6 is 35.0 Å². The molecule has 0 saturated heterocycles. The third kappa shape index (κ3) is 5.44. The Labute approximate surface area is 154 Å². The molecule has 4 nitrogen and oxygen atoms in total. The number of esters is 1. The van der Waals surface area contributed by atoms with Crippen molar-refractivity contribution in [1.29, 1.82) is 0 Å². The number of anilines is 1. The molecule has 1 amide bonds. The summed E-state index contributed by atoms with van der Waals surface area (Å²) in [4.78, 5) is 23.6. The second-order valence-electron chi connectivity index (χ2n) is 4.86. The second kappa shape index (κ2) is 8.97. The predicted octanol–water partition coefficient (Wildman–Crippen LogP) is 4.65. The summed E-state index contributed by atoms with van der Waals surface area (Å²) >= 11 is 13.4. The fourth-order valence-electron chi connectivity index (χ4n) is 1.94. The average molecular weight is 384 g/mol. The standard InChI is InChI=1S/C17H15Cl2NO3S/c1-23-17(22)12-5-6-14(19)15(8-12)20-16(21)10-24-9-11-3-2-4-13(18)7-11/h2-8H,9-10H2,1H3,(H,20,21). The van der Waals surface area contributed by atoms with Gasteiger partial charge in [0, 0.05) is 10.8 Å². The van der Waals surface area contributed by atoms with Crippen LogP contribution in [0.15, 0.2) is 42.5 Å². The van der Waals surface area contributed by atoms with Crippen molar-refractivity contribution in [2.45, 2.75) is 5.75 Å². The van der Waals surface area contributed by atoms with E-state index in [4.69, 9.17) is 23.2 Å². The molecule has 0 saturated carbocycles. The molecule has 0 aliphatic heterocycles. The van der Waals surface area contributed by atoms with Gasteiger partial charge in [-0.05, 0) is 35.9 Å². The van der Waals surface area contributed by atoms with E-state index >= 15 is 0 Å². The molecule has 0 aliphatic rings. The van der Waals surface area contributed by atoms with E-state index in [2.05, 4.69) is 10.1 Å². The third-order valence-corrected chi connectivity index (χ3v) is 4.62. The van der Waals surface area contributed by atoms with Crippen LogP contribution in [0, 0.1) is 0 Å². The molecule has 7 heteroatoms. The number of halogens is 2. The highest BCUT2D eigenvalue weighted by Crippen LogP contribution is 2.24. The van der Waals surface area contributed by atoms with E-state index in [-0.39, 0.29) is 11.7 Å². The Morgan fingerprint density at radius 1 is 1.17 bits per heavy atom. The number of carbonyl (C=O) groups is 2. The van der Waals surface area contributed by atoms with Crippen molar-refractivity contribution in [2.75, 3.05) is 18.2 Å². The van der Waals surface area contributed by atoms with E-state index in [9.17, 15) is 9.59 Å². The van der Waals surface area contributed by atoms with Crippen molar-refractivity contribution in [2.24, 2.45) is 0 Å². The highest BCUT2D eigenvalue weighted by molar-refractivity contribution is 7.99. The first-order valence-electron chi connectivity index (χ1n) is 6.99. The largest absolute Gasteiger partial charge is 0.465 e. The molecule has 0 heterocycles. The van der Waals surface area contributed by atoms with Gasteiger partial charge in [0.05, 0.1) is 29.1 Å². The van der Waals surface area contributed by atoms with Gasteiger partial charge in [-0.1, -0.05) is 35.3 Å². The molecule has 0 radical (unpaired) electrons. The molecule has 0 aromatic heterocycles. The maximum atomic E-state index is 12.0. The molecule has 1 N–H and O–H groups in total. The fourth-order valence-corrected chi connectivity index (χ4v) is 3.09. The van der Waals surface area contributed by atoms with Crippen LogP contribution < -0.4 is 5.32 Å². The summed E-state index contributed by atoms with van der Waals surface area (Å²) in [5.74, 6) is 0.235. The quantitative estimate of drug-likeness (QED) is 0.737. The molecule has 0 atom stereocenters. The summed E-state index contributed by atoms with van der Waals surface area (Å²) in [6.07, 6.45) is 0. The molecule has 2 aromatic rings. The predicted molar refractivity (Wildman–Crippen MR) is 99.0 cm³/mol. The molecule has 2 rings (SSSR count). The zero-order valence-corrected chi connectivity index (χ0v) is 15.2. The molecule has 0 unspecified atom stereocenters. The van der Waals surface area contributed by atoms with Crippen LogP contribution in [0.3, 0.4) is 0 Å². The number of benzene rings is 2. The fraction of sp³-hybridized carbons (Fsp3) is 0.176. The molecule has 0 aliphatic carbocycles. The van der Waals surface area contributed by atoms with Gasteiger partial charge in [-0.2, -0.15) is 0 Å². The average Bonchev–Trinajstić information content (AvgIpc) is 2.56. The van der Waals surface area contributed by atoms with Gasteiger partial charge in [0.2, 0.25) is 5.91 Å². The van der Waals surface area contributed by atoms with Crippen LogP contribution in [0.4, 0.5) is 5.69 Å². The van der Waals surface area contributed by atoms with Gasteiger partial charge in [0.25, 0.3) is 0 Å². The number of hydrogen-bond acceptors (Lipinski definition) is 4. The lowest BCUT2D eigenvalue weighted by atomic mass is 10.2. The van der Waals surface area contributed by atoms with Gasteiger partial charge in [-0.15, -0.1) is 11.8 Å². The smallest absolute Gasteiger partial charge is 0.337 e. The van der Waals surface area contributed by atoms with E-state index in [1.54, 1.807) is 12.1 Å². The third-order valence-electron chi connectivity index (χ3n) is 3.05. The summed E-state index contributed by atoms with van der Waals surface area (Å²) < 4.78 is 4.65. The highest BCUT2D eigenvalue weighted by atomic mass is 35.5. The lowest BCUT2D eigenvalue weighted by Gasteiger charge is -2.09. The van der Waals surface area contributed by atoms with Gasteiger partial charge in [-0.25, -0.2) is 4.79 Å². The van der Waals surface area contributed by atoms with Gasteiger partial charge >= 0.3 is 5.97 Å². The zero-order valence-electron chi connectivity index (χ0n) is 12.8. The van der Waals surface area contributed by atoms with Crippen molar-refractivity contribution in [3.8, 4) is 0 Å². The van der Waals surface area contributed by atoms with E-state index in [0.29, 0.717) is 27.0 Å². The molecule has 126 valence electrons. The summed E-state index contributed by atoms with van der Waals surface area (Å²) in [7, 11) is 1.29. The monoisotopic (exact) mass is 383 g/mol. The van der Waals surface area contributed by atoms with Crippen molar-refractivity contribution in [1.82, 2.24) is 0 Å². The SMILES string of the molecule is COC(=O)c1ccc(Cl)c(NC(=O)CSCc2cccc(Cl)c2)c1. The first-order chi connectivity index (χ1) is 11.5. The number of ether oxygens (including phenoxy) is 1. The minimum atomic E-state index is -0.488. The van der Waals surface area contributed by atoms with E-state index < -0.39 is 5.97 Å². The summed E-state index contributed by atoms with van der Waals surface area (Å²) in [6, 6.07) is 12.1. The van der Waals surface area contributed by atoms with Crippen molar-refractivity contribution in [3.63, 3.8) is 0 Å². The summed E-state index contributed by atoms with van der Waals surface area (Å²) in [6.45, 7) is 0. The van der Waals surface area contributed by atoms with E-state index in [1.165, 1.54) is 31.0 Å². The van der Waals surface area contributed by atoms with Crippen LogP contribution in [0.2, 0.25) is 10.0 Å². The van der Waals surface area contributed by atoms with Gasteiger partial charge in [0.1, 0.15) is 0 Å². The second-order valence-corrected chi connectivity index (χ2v) is 6.69. The highest BCUT2D eigenvalue weighted by Gasteiger charge is 2.11. The number of hydrogen-bond donors (Lipinski definition) is 1. The Hall–Kier alpha value is -1.69. The molecular weight excluding hydrogens is 369 g/mol. The number of carbonyl (C=O) groups excluding carboxylic acids is 2. The summed E-state index contributed by atoms with van der Waals surface area (Å²) in [5.41, 5.74) is 1.75. The van der Waals surface area contributed by atoms with Crippen LogP contribution in [0.5, 0.6) is 0 Å². The van der Waals surface area contributed by atoms with Crippen LogP contribution in [0.1, 0.15) is 15.9 Å². The number of thioether (sulfide) groups is 1. The molecule has 0 spiro atoms. The Bertz CT molecular complexity index is 752. The molecular formula is C17H15Cl2NO3S. The lowest BCUT2D eigenvalue weighted by molar-refractivity contribution is -0.113. The molecule has 24 heavy (non-hydrogen) atoms. The van der Waals surface area contributed by atoms with Crippen molar-refractivity contribution < 1.29 is 14.3 Å². The first kappa shape index (κ1) is 18.6. The molecule has 2 aromatic carbocycles. The van der Waals surface area contributed by atoms with Gasteiger partial charge in [0.15, 0.2) is 0 Å². The maximum absolute atomic E-state index is 12.0. The Morgan fingerprint density at radius 3 is 2.67 bits per heavy atom. The number of rotatable bonds is 6.